The van der Waals surface area contributed by atoms with E-state index >= 15 is 0 Å². The molecule has 0 spiro atoms. The first-order chi connectivity index (χ1) is 6.68. The molecular weight excluding hydrogens is 172 g/mol. The Balaban J connectivity index is 2.02. The zero-order chi connectivity index (χ0) is 10.0. The average Bonchev–Trinajstić information content (AvgIpc) is 3.00. The van der Waals surface area contributed by atoms with Crippen molar-refractivity contribution in [2.45, 2.75) is 57.5 Å². The quantitative estimate of drug-likeness (QED) is 0.666. The molecule has 78 valence electrons. The Bertz CT molecular complexity index is 257. The molecule has 0 amide bonds. The summed E-state index contributed by atoms with van der Waals surface area (Å²) in [5.74, 6) is 0.499. The number of hydrogen-bond donors (Lipinski definition) is 1. The summed E-state index contributed by atoms with van der Waals surface area (Å²) < 4.78 is 0. The van der Waals surface area contributed by atoms with Crippen LogP contribution >= 0.6 is 0 Å². The van der Waals surface area contributed by atoms with Gasteiger partial charge in [-0.15, -0.1) is 5.73 Å². The molecule has 0 aromatic carbocycles. The van der Waals surface area contributed by atoms with Crippen LogP contribution in [0.4, 0.5) is 0 Å². The van der Waals surface area contributed by atoms with Crippen LogP contribution in [-0.4, -0.2) is 10.7 Å². The lowest BCUT2D eigenvalue weighted by atomic mass is 9.94. The van der Waals surface area contributed by atoms with Gasteiger partial charge in [-0.2, -0.15) is 0 Å². The Hall–Kier alpha value is -0.520. The largest absolute Gasteiger partial charge is 0.385 e. The topological polar surface area (TPSA) is 20.2 Å². The summed E-state index contributed by atoms with van der Waals surface area (Å²) in [6.45, 7) is 1.92. The van der Waals surface area contributed by atoms with Crippen molar-refractivity contribution < 1.29 is 5.11 Å². The van der Waals surface area contributed by atoms with Crippen LogP contribution in [-0.2, 0) is 0 Å². The normalized spacial score (nSPS) is 26.6. The molecule has 0 radical (unpaired) electrons. The standard InChI is InChI=1S/C13H20O/c1-13(14,12-7-8-12)10-9-11-5-3-2-4-6-11/h10,12,14H,2-8H2,1H3. The number of aliphatic hydroxyl groups is 1. The van der Waals surface area contributed by atoms with Gasteiger partial charge in [-0.1, -0.05) is 6.42 Å². The zero-order valence-electron chi connectivity index (χ0n) is 9.05. The fourth-order valence-corrected chi connectivity index (χ4v) is 2.16. The third-order valence-corrected chi connectivity index (χ3v) is 3.43. The lowest BCUT2D eigenvalue weighted by Gasteiger charge is -2.17. The van der Waals surface area contributed by atoms with Crippen molar-refractivity contribution in [3.8, 4) is 0 Å². The lowest BCUT2D eigenvalue weighted by Crippen LogP contribution is -2.22. The van der Waals surface area contributed by atoms with Crippen LogP contribution in [0.2, 0.25) is 0 Å². The van der Waals surface area contributed by atoms with Crippen LogP contribution in [0.5, 0.6) is 0 Å². The molecule has 1 nitrogen and oxygen atoms in total. The molecule has 2 aliphatic rings. The second-order valence-corrected chi connectivity index (χ2v) is 4.95. The van der Waals surface area contributed by atoms with Crippen molar-refractivity contribution >= 4 is 0 Å². The summed E-state index contributed by atoms with van der Waals surface area (Å²) in [5.41, 5.74) is 4.15. The first-order valence-electron chi connectivity index (χ1n) is 5.86. The third kappa shape index (κ3) is 2.50. The van der Waals surface area contributed by atoms with Crippen molar-refractivity contribution in [3.63, 3.8) is 0 Å². The molecule has 1 unspecified atom stereocenters. The Morgan fingerprint density at radius 1 is 1.29 bits per heavy atom. The van der Waals surface area contributed by atoms with E-state index in [9.17, 15) is 5.11 Å². The summed E-state index contributed by atoms with van der Waals surface area (Å²) >= 11 is 0. The van der Waals surface area contributed by atoms with Gasteiger partial charge in [-0.3, -0.25) is 0 Å². The van der Waals surface area contributed by atoms with Gasteiger partial charge >= 0.3 is 0 Å². The molecule has 0 aromatic heterocycles. The van der Waals surface area contributed by atoms with Gasteiger partial charge in [-0.05, 0) is 63.0 Å². The summed E-state index contributed by atoms with van der Waals surface area (Å²) in [6, 6.07) is 0. The molecule has 1 N–H and O–H groups in total. The minimum atomic E-state index is -0.593. The molecule has 0 bridgehead atoms. The van der Waals surface area contributed by atoms with E-state index in [0.29, 0.717) is 5.92 Å². The van der Waals surface area contributed by atoms with E-state index in [1.54, 1.807) is 0 Å². The molecule has 0 heterocycles. The Morgan fingerprint density at radius 2 is 1.93 bits per heavy atom. The molecular formula is C13H20O. The van der Waals surface area contributed by atoms with Crippen LogP contribution in [0.25, 0.3) is 0 Å². The predicted molar refractivity (Wildman–Crippen MR) is 58.0 cm³/mol. The van der Waals surface area contributed by atoms with Gasteiger partial charge in [0.05, 0.1) is 5.60 Å². The van der Waals surface area contributed by atoms with Crippen LogP contribution in [0.3, 0.4) is 0 Å². The first-order valence-corrected chi connectivity index (χ1v) is 5.86. The van der Waals surface area contributed by atoms with E-state index in [-0.39, 0.29) is 0 Å². The van der Waals surface area contributed by atoms with E-state index in [1.807, 2.05) is 13.0 Å². The molecule has 1 atom stereocenters. The van der Waals surface area contributed by atoms with E-state index in [2.05, 4.69) is 5.73 Å². The van der Waals surface area contributed by atoms with Crippen molar-refractivity contribution in [1.29, 1.82) is 0 Å². The van der Waals surface area contributed by atoms with Crippen LogP contribution < -0.4 is 0 Å². The minimum absolute atomic E-state index is 0.499. The fraction of sp³-hybridized carbons (Fsp3) is 0.769. The van der Waals surface area contributed by atoms with Gasteiger partial charge in [0, 0.05) is 0 Å². The highest BCUT2D eigenvalue weighted by molar-refractivity contribution is 5.11. The van der Waals surface area contributed by atoms with Crippen LogP contribution in [0.1, 0.15) is 51.9 Å². The minimum Gasteiger partial charge on any atom is -0.385 e. The lowest BCUT2D eigenvalue weighted by molar-refractivity contribution is 0.0878. The molecule has 0 aromatic rings. The first kappa shape index (κ1) is 10.0. The van der Waals surface area contributed by atoms with Crippen molar-refractivity contribution in [2.75, 3.05) is 0 Å². The van der Waals surface area contributed by atoms with Crippen LogP contribution in [0.15, 0.2) is 17.4 Å². The number of hydrogen-bond acceptors (Lipinski definition) is 1. The predicted octanol–water partition coefficient (Wildman–Crippen LogP) is 3.19. The molecule has 2 aliphatic carbocycles. The maximum Gasteiger partial charge on any atom is 0.0900 e. The maximum absolute atomic E-state index is 10.1. The van der Waals surface area contributed by atoms with Crippen molar-refractivity contribution in [2.24, 2.45) is 5.92 Å². The molecule has 2 rings (SSSR count). The molecule has 2 fully saturated rings. The summed E-state index contributed by atoms with van der Waals surface area (Å²) in [5, 5.41) is 10.1. The van der Waals surface area contributed by atoms with Gasteiger partial charge in [-0.25, -0.2) is 0 Å². The van der Waals surface area contributed by atoms with Crippen molar-refractivity contribution in [1.82, 2.24) is 0 Å². The van der Waals surface area contributed by atoms with Gasteiger partial charge in [0.25, 0.3) is 0 Å². The van der Waals surface area contributed by atoms with E-state index < -0.39 is 5.60 Å². The molecule has 2 saturated carbocycles. The third-order valence-electron chi connectivity index (χ3n) is 3.43. The average molecular weight is 192 g/mol. The van der Waals surface area contributed by atoms with E-state index in [1.165, 1.54) is 50.5 Å². The van der Waals surface area contributed by atoms with E-state index in [4.69, 9.17) is 0 Å². The second kappa shape index (κ2) is 3.92. The summed E-state index contributed by atoms with van der Waals surface area (Å²) in [4.78, 5) is 0. The Labute approximate surface area is 86.5 Å². The van der Waals surface area contributed by atoms with Gasteiger partial charge in [0.15, 0.2) is 0 Å². The zero-order valence-corrected chi connectivity index (χ0v) is 9.05. The highest BCUT2D eigenvalue weighted by Crippen LogP contribution is 2.40. The highest BCUT2D eigenvalue weighted by Gasteiger charge is 2.37. The molecule has 0 saturated heterocycles. The monoisotopic (exact) mass is 192 g/mol. The second-order valence-electron chi connectivity index (χ2n) is 4.95. The molecule has 14 heavy (non-hydrogen) atoms. The number of rotatable bonds is 2. The van der Waals surface area contributed by atoms with Gasteiger partial charge in [0.2, 0.25) is 0 Å². The molecule has 0 aliphatic heterocycles. The smallest absolute Gasteiger partial charge is 0.0900 e. The summed E-state index contributed by atoms with van der Waals surface area (Å²) in [6.07, 6.45) is 10.6. The summed E-state index contributed by atoms with van der Waals surface area (Å²) in [7, 11) is 0. The van der Waals surface area contributed by atoms with Gasteiger partial charge < -0.3 is 5.11 Å². The van der Waals surface area contributed by atoms with Crippen LogP contribution in [0, 0.1) is 5.92 Å². The molecule has 1 heteroatoms. The van der Waals surface area contributed by atoms with Gasteiger partial charge in [0.1, 0.15) is 0 Å². The maximum atomic E-state index is 10.1. The fourth-order valence-electron chi connectivity index (χ4n) is 2.16. The highest BCUT2D eigenvalue weighted by atomic mass is 16.3. The SMILES string of the molecule is CC(O)(C=C=C1CCCCC1)C1CC1. The van der Waals surface area contributed by atoms with Crippen molar-refractivity contribution in [3.05, 3.63) is 17.4 Å². The van der Waals surface area contributed by atoms with E-state index in [0.717, 1.165) is 0 Å². The Morgan fingerprint density at radius 3 is 2.50 bits per heavy atom. The Kier molecular flexibility index (Phi) is 2.80.